The Balaban J connectivity index is 1.53. The zero-order chi connectivity index (χ0) is 17.9. The molecule has 0 aromatic heterocycles. The summed E-state index contributed by atoms with van der Waals surface area (Å²) in [6, 6.07) is 8.56. The van der Waals surface area contributed by atoms with Crippen LogP contribution in [-0.4, -0.2) is 58.9 Å². The van der Waals surface area contributed by atoms with Crippen molar-refractivity contribution in [2.75, 3.05) is 39.5 Å². The van der Waals surface area contributed by atoms with E-state index in [1.165, 1.54) is 11.8 Å². The van der Waals surface area contributed by atoms with Crippen LogP contribution < -0.4 is 20.3 Å². The smallest absolute Gasteiger partial charge is 0.208 e. The first-order valence-corrected chi connectivity index (χ1v) is 10.7. The molecule has 1 aromatic carbocycles. The first kappa shape index (κ1) is 18.6. The standard InChI is InChI=1S/C17H28N4O3S/c1-24-16-5-3-13(4-6-16)17-14(11-18-19-17)12-21-9-7-15(8-10-21)20-25(2,22)23/h3-6,14-15,17-20H,7-12H2,1-2H3. The highest BCUT2D eigenvalue weighted by atomic mass is 32.2. The van der Waals surface area contributed by atoms with E-state index in [2.05, 4.69) is 32.6 Å². The molecular formula is C17H28N4O3S. The molecule has 8 heteroatoms. The van der Waals surface area contributed by atoms with E-state index in [4.69, 9.17) is 4.74 Å². The van der Waals surface area contributed by atoms with Crippen molar-refractivity contribution >= 4 is 10.0 Å². The Morgan fingerprint density at radius 1 is 1.24 bits per heavy atom. The van der Waals surface area contributed by atoms with Crippen LogP contribution in [0.4, 0.5) is 0 Å². The molecule has 25 heavy (non-hydrogen) atoms. The van der Waals surface area contributed by atoms with Gasteiger partial charge in [0, 0.05) is 25.0 Å². The van der Waals surface area contributed by atoms with Gasteiger partial charge in [-0.3, -0.25) is 5.43 Å². The molecule has 0 radical (unpaired) electrons. The van der Waals surface area contributed by atoms with Crippen molar-refractivity contribution in [1.29, 1.82) is 0 Å². The minimum atomic E-state index is -3.11. The van der Waals surface area contributed by atoms with Gasteiger partial charge in [-0.25, -0.2) is 18.6 Å². The third-order valence-corrected chi connectivity index (χ3v) is 5.79. The molecule has 0 bridgehead atoms. The average molecular weight is 369 g/mol. The molecule has 0 aliphatic carbocycles. The molecule has 1 aromatic rings. The molecule has 7 nitrogen and oxygen atoms in total. The van der Waals surface area contributed by atoms with Crippen LogP contribution >= 0.6 is 0 Å². The van der Waals surface area contributed by atoms with E-state index < -0.39 is 10.0 Å². The normalized spacial score (nSPS) is 26.0. The fourth-order valence-corrected chi connectivity index (χ4v) is 4.58. The highest BCUT2D eigenvalue weighted by Gasteiger charge is 2.31. The lowest BCUT2D eigenvalue weighted by molar-refractivity contribution is 0.176. The number of piperidine rings is 1. The summed E-state index contributed by atoms with van der Waals surface area (Å²) in [6.07, 6.45) is 2.97. The number of benzene rings is 1. The summed E-state index contributed by atoms with van der Waals surface area (Å²) in [4.78, 5) is 2.44. The van der Waals surface area contributed by atoms with Gasteiger partial charge in [0.1, 0.15) is 5.75 Å². The van der Waals surface area contributed by atoms with Crippen LogP contribution in [0, 0.1) is 5.92 Å². The minimum absolute atomic E-state index is 0.0727. The quantitative estimate of drug-likeness (QED) is 0.677. The van der Waals surface area contributed by atoms with Crippen molar-refractivity contribution in [1.82, 2.24) is 20.5 Å². The second kappa shape index (κ2) is 8.01. The van der Waals surface area contributed by atoms with Crippen molar-refractivity contribution in [3.05, 3.63) is 29.8 Å². The predicted molar refractivity (Wildman–Crippen MR) is 97.8 cm³/mol. The van der Waals surface area contributed by atoms with Crippen molar-refractivity contribution in [2.45, 2.75) is 24.9 Å². The maximum Gasteiger partial charge on any atom is 0.208 e. The summed E-state index contributed by atoms with van der Waals surface area (Å²) < 4.78 is 30.7. The van der Waals surface area contributed by atoms with E-state index in [0.29, 0.717) is 5.92 Å². The van der Waals surface area contributed by atoms with E-state index in [0.717, 1.165) is 44.8 Å². The zero-order valence-corrected chi connectivity index (χ0v) is 15.7. The van der Waals surface area contributed by atoms with Gasteiger partial charge in [0.15, 0.2) is 0 Å². The Labute approximate surface area is 150 Å². The van der Waals surface area contributed by atoms with Crippen molar-refractivity contribution in [3.8, 4) is 5.75 Å². The summed E-state index contributed by atoms with van der Waals surface area (Å²) in [5.41, 5.74) is 7.91. The topological polar surface area (TPSA) is 82.7 Å². The number of methoxy groups -OCH3 is 1. The SMILES string of the molecule is COc1ccc(C2NNCC2CN2CCC(NS(C)(=O)=O)CC2)cc1. The minimum Gasteiger partial charge on any atom is -0.497 e. The molecule has 0 amide bonds. The number of nitrogens with one attached hydrogen (secondary N) is 3. The third kappa shape index (κ3) is 5.15. The van der Waals surface area contributed by atoms with Crippen LogP contribution in [0.2, 0.25) is 0 Å². The Kier molecular flexibility index (Phi) is 5.96. The molecule has 2 aliphatic heterocycles. The first-order chi connectivity index (χ1) is 11.9. The van der Waals surface area contributed by atoms with E-state index >= 15 is 0 Å². The largest absolute Gasteiger partial charge is 0.497 e. The molecule has 2 aliphatic rings. The van der Waals surface area contributed by atoms with Crippen molar-refractivity contribution in [2.24, 2.45) is 5.92 Å². The monoisotopic (exact) mass is 368 g/mol. The fraction of sp³-hybridized carbons (Fsp3) is 0.647. The van der Waals surface area contributed by atoms with Crippen LogP contribution in [-0.2, 0) is 10.0 Å². The second-order valence-electron chi connectivity index (χ2n) is 7.00. The molecule has 2 atom stereocenters. The number of hydrogen-bond donors (Lipinski definition) is 3. The van der Waals surface area contributed by atoms with Crippen molar-refractivity contribution < 1.29 is 13.2 Å². The molecule has 2 unspecified atom stereocenters. The number of likely N-dealkylation sites (tertiary alicyclic amines) is 1. The predicted octanol–water partition coefficient (Wildman–Crippen LogP) is 0.474. The van der Waals surface area contributed by atoms with Gasteiger partial charge in [0.25, 0.3) is 0 Å². The summed E-state index contributed by atoms with van der Waals surface area (Å²) in [5, 5.41) is 0. The van der Waals surface area contributed by atoms with E-state index in [9.17, 15) is 8.42 Å². The van der Waals surface area contributed by atoms with E-state index in [1.54, 1.807) is 7.11 Å². The van der Waals surface area contributed by atoms with Crippen LogP contribution in [0.3, 0.4) is 0 Å². The molecule has 0 saturated carbocycles. The Bertz CT molecular complexity index is 657. The van der Waals surface area contributed by atoms with Crippen LogP contribution in [0.25, 0.3) is 0 Å². The molecule has 2 heterocycles. The van der Waals surface area contributed by atoms with Gasteiger partial charge < -0.3 is 9.64 Å². The second-order valence-corrected chi connectivity index (χ2v) is 8.78. The van der Waals surface area contributed by atoms with E-state index in [1.807, 2.05) is 12.1 Å². The molecule has 3 rings (SSSR count). The number of rotatable bonds is 6. The van der Waals surface area contributed by atoms with Gasteiger partial charge >= 0.3 is 0 Å². The highest BCUT2D eigenvalue weighted by Crippen LogP contribution is 2.28. The molecule has 0 spiro atoms. The number of hydrogen-bond acceptors (Lipinski definition) is 6. The Morgan fingerprint density at radius 2 is 1.92 bits per heavy atom. The van der Waals surface area contributed by atoms with Gasteiger partial charge in [-0.15, -0.1) is 0 Å². The number of ether oxygens (including phenoxy) is 1. The summed E-state index contributed by atoms with van der Waals surface area (Å²) in [7, 11) is -1.44. The summed E-state index contributed by atoms with van der Waals surface area (Å²) >= 11 is 0. The maximum atomic E-state index is 11.4. The molecular weight excluding hydrogens is 340 g/mol. The Hall–Kier alpha value is -1.19. The number of nitrogens with zero attached hydrogens (tertiary/aromatic N) is 1. The molecule has 2 saturated heterocycles. The maximum absolute atomic E-state index is 11.4. The van der Waals surface area contributed by atoms with E-state index in [-0.39, 0.29) is 12.1 Å². The molecule has 140 valence electrons. The first-order valence-electron chi connectivity index (χ1n) is 8.76. The van der Waals surface area contributed by atoms with Gasteiger partial charge in [-0.2, -0.15) is 0 Å². The lowest BCUT2D eigenvalue weighted by Crippen LogP contribution is -2.46. The number of sulfonamides is 1. The summed E-state index contributed by atoms with van der Waals surface area (Å²) in [5.74, 6) is 1.35. The van der Waals surface area contributed by atoms with Crippen LogP contribution in [0.15, 0.2) is 24.3 Å². The third-order valence-electron chi connectivity index (χ3n) is 5.03. The van der Waals surface area contributed by atoms with Gasteiger partial charge in [-0.1, -0.05) is 12.1 Å². The van der Waals surface area contributed by atoms with Gasteiger partial charge in [0.2, 0.25) is 10.0 Å². The molecule has 2 fully saturated rings. The Morgan fingerprint density at radius 3 is 2.52 bits per heavy atom. The van der Waals surface area contributed by atoms with Gasteiger partial charge in [-0.05, 0) is 43.6 Å². The van der Waals surface area contributed by atoms with Crippen molar-refractivity contribution in [3.63, 3.8) is 0 Å². The molecule has 3 N–H and O–H groups in total. The lowest BCUT2D eigenvalue weighted by Gasteiger charge is -2.34. The summed E-state index contributed by atoms with van der Waals surface area (Å²) in [6.45, 7) is 3.79. The zero-order valence-electron chi connectivity index (χ0n) is 14.9. The fourth-order valence-electron chi connectivity index (χ4n) is 3.74. The van der Waals surface area contributed by atoms with Crippen LogP contribution in [0.5, 0.6) is 5.75 Å². The average Bonchev–Trinajstić information content (AvgIpc) is 3.03. The highest BCUT2D eigenvalue weighted by molar-refractivity contribution is 7.88. The lowest BCUT2D eigenvalue weighted by atomic mass is 9.93. The van der Waals surface area contributed by atoms with Gasteiger partial charge in [0.05, 0.1) is 19.4 Å². The van der Waals surface area contributed by atoms with Crippen LogP contribution in [0.1, 0.15) is 24.4 Å². The number of hydrazine groups is 1.